The van der Waals surface area contributed by atoms with Crippen LogP contribution in [0.4, 0.5) is 5.69 Å². The summed E-state index contributed by atoms with van der Waals surface area (Å²) in [7, 11) is 0. The van der Waals surface area contributed by atoms with Gasteiger partial charge in [0.1, 0.15) is 5.04 Å². The summed E-state index contributed by atoms with van der Waals surface area (Å²) >= 11 is 9.71. The summed E-state index contributed by atoms with van der Waals surface area (Å²) in [4.78, 5) is 6.21. The third kappa shape index (κ3) is 4.46. The molecule has 0 aromatic heterocycles. The Balaban J connectivity index is 1.63. The summed E-state index contributed by atoms with van der Waals surface area (Å²) in [6.45, 7) is 0. The maximum atomic E-state index is 6.01. The lowest BCUT2D eigenvalue weighted by Crippen LogP contribution is -2.26. The molecule has 0 saturated carbocycles. The first-order valence-corrected chi connectivity index (χ1v) is 11.0. The molecule has 0 spiro atoms. The number of hydrogen-bond acceptors (Lipinski definition) is 3. The van der Waals surface area contributed by atoms with Crippen LogP contribution < -0.4 is 0 Å². The molecule has 4 rings (SSSR count). The molecule has 2 aromatic rings. The van der Waals surface area contributed by atoms with Crippen LogP contribution in [0.25, 0.3) is 0 Å². The third-order valence-electron chi connectivity index (χ3n) is 4.64. The van der Waals surface area contributed by atoms with Crippen LogP contribution in [0.5, 0.6) is 0 Å². The van der Waals surface area contributed by atoms with Crippen molar-refractivity contribution in [2.24, 2.45) is 10.9 Å². The van der Waals surface area contributed by atoms with E-state index in [0.717, 1.165) is 28.1 Å². The van der Waals surface area contributed by atoms with Crippen LogP contribution >= 0.6 is 35.1 Å². The molecule has 26 heavy (non-hydrogen) atoms. The number of nitrogens with zero attached hydrogens (tertiary/aromatic N) is 1. The van der Waals surface area contributed by atoms with E-state index in [1.807, 2.05) is 36.0 Å². The Kier molecular flexibility index (Phi) is 5.88. The van der Waals surface area contributed by atoms with Gasteiger partial charge < -0.3 is 0 Å². The molecule has 132 valence electrons. The van der Waals surface area contributed by atoms with Crippen molar-refractivity contribution >= 4 is 45.9 Å². The molecule has 1 aliphatic carbocycles. The molecule has 0 amide bonds. The van der Waals surface area contributed by atoms with E-state index in [1.54, 1.807) is 11.8 Å². The van der Waals surface area contributed by atoms with Crippen molar-refractivity contribution in [3.05, 3.63) is 82.8 Å². The summed E-state index contributed by atoms with van der Waals surface area (Å²) in [5, 5.41) is 4.74. The van der Waals surface area contributed by atoms with Gasteiger partial charge in [-0.15, -0.1) is 0 Å². The predicted molar refractivity (Wildman–Crippen MR) is 117 cm³/mol. The SMILES string of the molecule is Clc1ccc(/N=C2\SC3C=CCCC3C\C2=C/Sc2ccccc2)cc1. The molecule has 2 aliphatic rings. The number of benzene rings is 2. The van der Waals surface area contributed by atoms with E-state index in [4.69, 9.17) is 16.6 Å². The first-order valence-electron chi connectivity index (χ1n) is 8.86. The van der Waals surface area contributed by atoms with Crippen molar-refractivity contribution in [3.8, 4) is 0 Å². The fourth-order valence-corrected chi connectivity index (χ4v) is 5.58. The van der Waals surface area contributed by atoms with Gasteiger partial charge in [0.15, 0.2) is 0 Å². The number of hydrogen-bond donors (Lipinski definition) is 0. The average molecular weight is 398 g/mol. The highest BCUT2D eigenvalue weighted by atomic mass is 35.5. The highest BCUT2D eigenvalue weighted by Gasteiger charge is 2.31. The summed E-state index contributed by atoms with van der Waals surface area (Å²) in [5.74, 6) is 0.719. The zero-order valence-electron chi connectivity index (χ0n) is 14.3. The maximum absolute atomic E-state index is 6.01. The Morgan fingerprint density at radius 2 is 1.88 bits per heavy atom. The summed E-state index contributed by atoms with van der Waals surface area (Å²) in [6, 6.07) is 18.3. The van der Waals surface area contributed by atoms with Crippen molar-refractivity contribution in [3.63, 3.8) is 0 Å². The highest BCUT2D eigenvalue weighted by molar-refractivity contribution is 8.15. The number of rotatable bonds is 3. The van der Waals surface area contributed by atoms with Gasteiger partial charge in [-0.3, -0.25) is 0 Å². The third-order valence-corrected chi connectivity index (χ3v) is 7.23. The lowest BCUT2D eigenvalue weighted by molar-refractivity contribution is 0.489. The average Bonchev–Trinajstić information content (AvgIpc) is 2.69. The molecule has 0 N–H and O–H groups in total. The summed E-state index contributed by atoms with van der Waals surface area (Å²) in [5.41, 5.74) is 2.32. The zero-order valence-corrected chi connectivity index (χ0v) is 16.7. The van der Waals surface area contributed by atoms with Gasteiger partial charge in [-0.2, -0.15) is 0 Å². The largest absolute Gasteiger partial charge is 0.242 e. The second kappa shape index (κ2) is 8.51. The minimum absolute atomic E-state index is 0.550. The number of allylic oxidation sites excluding steroid dienone is 1. The van der Waals surface area contributed by atoms with Gasteiger partial charge in [0, 0.05) is 15.2 Å². The van der Waals surface area contributed by atoms with Crippen LogP contribution in [0, 0.1) is 5.92 Å². The lowest BCUT2D eigenvalue weighted by Gasteiger charge is -2.33. The van der Waals surface area contributed by atoms with Crippen molar-refractivity contribution in [1.29, 1.82) is 0 Å². The summed E-state index contributed by atoms with van der Waals surface area (Å²) in [6.07, 6.45) is 8.27. The Morgan fingerprint density at radius 1 is 1.08 bits per heavy atom. The Labute approximate surface area is 168 Å². The molecule has 1 saturated heterocycles. The zero-order chi connectivity index (χ0) is 17.8. The second-order valence-electron chi connectivity index (χ2n) is 6.52. The second-order valence-corrected chi connectivity index (χ2v) is 9.07. The quantitative estimate of drug-likeness (QED) is 0.392. The fourth-order valence-electron chi connectivity index (χ4n) is 3.26. The van der Waals surface area contributed by atoms with E-state index < -0.39 is 0 Å². The smallest absolute Gasteiger partial charge is 0.101 e. The van der Waals surface area contributed by atoms with E-state index in [1.165, 1.54) is 23.3 Å². The summed E-state index contributed by atoms with van der Waals surface area (Å²) < 4.78 is 0. The number of fused-ring (bicyclic) bond motifs is 1. The van der Waals surface area contributed by atoms with Gasteiger partial charge in [-0.05, 0) is 72.6 Å². The van der Waals surface area contributed by atoms with Gasteiger partial charge in [-0.1, -0.05) is 65.5 Å². The molecule has 4 heteroatoms. The number of halogens is 1. The fraction of sp³-hybridized carbons (Fsp3) is 0.227. The van der Waals surface area contributed by atoms with E-state index in [9.17, 15) is 0 Å². The molecule has 2 unspecified atom stereocenters. The first kappa shape index (κ1) is 18.0. The van der Waals surface area contributed by atoms with Crippen LogP contribution in [0.3, 0.4) is 0 Å². The molecule has 1 heterocycles. The molecule has 0 bridgehead atoms. The van der Waals surface area contributed by atoms with Crippen molar-refractivity contribution in [2.45, 2.75) is 29.4 Å². The molecule has 0 radical (unpaired) electrons. The number of thioether (sulfide) groups is 2. The van der Waals surface area contributed by atoms with Gasteiger partial charge in [0.25, 0.3) is 0 Å². The molecule has 2 aromatic carbocycles. The Morgan fingerprint density at radius 3 is 2.69 bits per heavy atom. The molecule has 1 aliphatic heterocycles. The molecule has 1 fully saturated rings. The van der Waals surface area contributed by atoms with Gasteiger partial charge in [-0.25, -0.2) is 4.99 Å². The Hall–Kier alpha value is -1.42. The van der Waals surface area contributed by atoms with E-state index in [2.05, 4.69) is 47.9 Å². The molecular weight excluding hydrogens is 378 g/mol. The maximum Gasteiger partial charge on any atom is 0.101 e. The van der Waals surface area contributed by atoms with E-state index in [0.29, 0.717) is 5.25 Å². The Bertz CT molecular complexity index is 840. The van der Waals surface area contributed by atoms with Crippen molar-refractivity contribution in [2.75, 3.05) is 0 Å². The van der Waals surface area contributed by atoms with E-state index in [-0.39, 0.29) is 0 Å². The molecule has 2 atom stereocenters. The van der Waals surface area contributed by atoms with Crippen LogP contribution in [-0.2, 0) is 0 Å². The normalized spacial score (nSPS) is 25.4. The predicted octanol–water partition coefficient (Wildman–Crippen LogP) is 7.52. The van der Waals surface area contributed by atoms with Crippen molar-refractivity contribution in [1.82, 2.24) is 0 Å². The lowest BCUT2D eigenvalue weighted by atomic mass is 9.88. The van der Waals surface area contributed by atoms with Crippen LogP contribution in [0.1, 0.15) is 19.3 Å². The van der Waals surface area contributed by atoms with Crippen LogP contribution in [0.15, 0.2) is 87.6 Å². The molecule has 1 nitrogen and oxygen atoms in total. The van der Waals surface area contributed by atoms with E-state index >= 15 is 0 Å². The minimum Gasteiger partial charge on any atom is -0.242 e. The minimum atomic E-state index is 0.550. The van der Waals surface area contributed by atoms with Crippen LogP contribution in [0.2, 0.25) is 5.02 Å². The van der Waals surface area contributed by atoms with Gasteiger partial charge >= 0.3 is 0 Å². The first-order chi connectivity index (χ1) is 12.8. The van der Waals surface area contributed by atoms with Gasteiger partial charge in [0.05, 0.1) is 5.69 Å². The van der Waals surface area contributed by atoms with Crippen molar-refractivity contribution < 1.29 is 0 Å². The monoisotopic (exact) mass is 397 g/mol. The number of aliphatic imine (C=N–C) groups is 1. The van der Waals surface area contributed by atoms with Crippen LogP contribution in [-0.4, -0.2) is 10.3 Å². The topological polar surface area (TPSA) is 12.4 Å². The standard InChI is InChI=1S/C22H20ClNS2/c23-18-10-12-19(13-11-18)24-22-17(15-25-20-7-2-1-3-8-20)14-16-6-4-5-9-21(16)26-22/h1-3,5,7-13,15-16,21H,4,6,14H2/b17-15+,24-22-. The highest BCUT2D eigenvalue weighted by Crippen LogP contribution is 2.43. The van der Waals surface area contributed by atoms with Gasteiger partial charge in [0.2, 0.25) is 0 Å². The molecular formula is C22H20ClNS2.